The summed E-state index contributed by atoms with van der Waals surface area (Å²) in [6.07, 6.45) is 3.80. The van der Waals surface area contributed by atoms with Crippen LogP contribution in [0, 0.1) is 0 Å². The van der Waals surface area contributed by atoms with Gasteiger partial charge in [0.1, 0.15) is 0 Å². The Morgan fingerprint density at radius 2 is 1.88 bits per heavy atom. The average molecular weight is 244 g/mol. The first-order valence-electron chi connectivity index (χ1n) is 6.10. The molecule has 1 fully saturated rings. The van der Waals surface area contributed by atoms with E-state index < -0.39 is 0 Å². The lowest BCUT2D eigenvalue weighted by molar-refractivity contribution is 0.611. The number of rotatable bonds is 2. The van der Waals surface area contributed by atoms with Gasteiger partial charge in [-0.25, -0.2) is 4.98 Å². The van der Waals surface area contributed by atoms with Gasteiger partial charge in [0.05, 0.1) is 5.69 Å². The Morgan fingerprint density at radius 1 is 1.12 bits per heavy atom. The molecule has 88 valence electrons. The van der Waals surface area contributed by atoms with Crippen LogP contribution in [0.2, 0.25) is 0 Å². The van der Waals surface area contributed by atoms with Crippen LogP contribution in [0.25, 0.3) is 0 Å². The van der Waals surface area contributed by atoms with Crippen molar-refractivity contribution < 1.29 is 0 Å². The van der Waals surface area contributed by atoms with E-state index in [-0.39, 0.29) is 0 Å². The van der Waals surface area contributed by atoms with E-state index in [0.717, 1.165) is 0 Å². The highest BCUT2D eigenvalue weighted by Crippen LogP contribution is 2.45. The summed E-state index contributed by atoms with van der Waals surface area (Å²) in [6, 6.07) is 10.8. The van der Waals surface area contributed by atoms with Gasteiger partial charge in [0.15, 0.2) is 5.13 Å². The highest BCUT2D eigenvalue weighted by Gasteiger charge is 2.31. The molecule has 2 nitrogen and oxygen atoms in total. The summed E-state index contributed by atoms with van der Waals surface area (Å²) in [5.74, 6) is 1.18. The molecule has 17 heavy (non-hydrogen) atoms. The van der Waals surface area contributed by atoms with Gasteiger partial charge in [-0.3, -0.25) is 0 Å². The largest absolute Gasteiger partial charge is 0.375 e. The smallest absolute Gasteiger partial charge is 0.180 e. The number of thiazole rings is 1. The first-order chi connectivity index (χ1) is 8.34. The summed E-state index contributed by atoms with van der Waals surface area (Å²) in [5, 5.41) is 2.82. The molecule has 3 heteroatoms. The van der Waals surface area contributed by atoms with Crippen LogP contribution in [0.15, 0.2) is 35.7 Å². The van der Waals surface area contributed by atoms with Crippen molar-refractivity contribution in [3.63, 3.8) is 0 Å². The molecule has 0 spiro atoms. The monoisotopic (exact) mass is 244 g/mol. The first kappa shape index (κ1) is 10.8. The van der Waals surface area contributed by atoms with Crippen molar-refractivity contribution in [2.75, 3.05) is 5.73 Å². The van der Waals surface area contributed by atoms with E-state index >= 15 is 0 Å². The zero-order chi connectivity index (χ0) is 11.7. The quantitative estimate of drug-likeness (QED) is 0.873. The van der Waals surface area contributed by atoms with E-state index in [0.29, 0.717) is 17.0 Å². The second-order valence-electron chi connectivity index (χ2n) is 4.67. The van der Waals surface area contributed by atoms with Crippen LogP contribution >= 0.6 is 11.3 Å². The molecule has 2 aromatic rings. The maximum absolute atomic E-state index is 5.74. The Morgan fingerprint density at radius 3 is 2.59 bits per heavy atom. The Bertz CT molecular complexity index is 492. The zero-order valence-electron chi connectivity index (χ0n) is 9.67. The summed E-state index contributed by atoms with van der Waals surface area (Å²) in [7, 11) is 0. The second-order valence-corrected chi connectivity index (χ2v) is 5.55. The lowest BCUT2D eigenvalue weighted by Crippen LogP contribution is -2.05. The summed E-state index contributed by atoms with van der Waals surface area (Å²) >= 11 is 1.56. The first-order valence-corrected chi connectivity index (χ1v) is 6.98. The van der Waals surface area contributed by atoms with Gasteiger partial charge in [0.2, 0.25) is 0 Å². The standard InChI is InChI=1S/C14H16N2S/c15-14-16-13(9-17-14)12-8-4-7-11(12)10-5-2-1-3-6-10/h1-3,5-6,9,11-12H,4,7-8H2,(H2,15,16)/t11-,12+/m1/s1. The highest BCUT2D eigenvalue weighted by atomic mass is 32.1. The molecule has 1 aliphatic rings. The summed E-state index contributed by atoms with van der Waals surface area (Å²) in [6.45, 7) is 0. The number of hydrogen-bond acceptors (Lipinski definition) is 3. The fraction of sp³-hybridized carbons (Fsp3) is 0.357. The Hall–Kier alpha value is -1.35. The third-order valence-electron chi connectivity index (χ3n) is 3.66. The van der Waals surface area contributed by atoms with Crippen molar-refractivity contribution >= 4 is 16.5 Å². The fourth-order valence-corrected chi connectivity index (χ4v) is 3.51. The Labute approximate surface area is 106 Å². The Kier molecular flexibility index (Phi) is 2.85. The predicted molar refractivity (Wildman–Crippen MR) is 72.3 cm³/mol. The molecule has 1 heterocycles. The number of nitrogen functional groups attached to an aromatic ring is 1. The molecule has 0 amide bonds. The normalized spacial score (nSPS) is 24.0. The number of hydrogen-bond donors (Lipinski definition) is 1. The summed E-state index contributed by atoms with van der Waals surface area (Å²) in [5.41, 5.74) is 8.38. The number of benzene rings is 1. The average Bonchev–Trinajstić information content (AvgIpc) is 2.98. The molecule has 1 aromatic heterocycles. The van der Waals surface area contributed by atoms with Crippen molar-refractivity contribution in [1.82, 2.24) is 4.98 Å². The van der Waals surface area contributed by atoms with Gasteiger partial charge in [0, 0.05) is 11.3 Å². The van der Waals surface area contributed by atoms with Gasteiger partial charge in [-0.2, -0.15) is 0 Å². The molecule has 0 bridgehead atoms. The minimum Gasteiger partial charge on any atom is -0.375 e. The maximum Gasteiger partial charge on any atom is 0.180 e. The SMILES string of the molecule is Nc1nc([C@H]2CCC[C@@H]2c2ccccc2)cs1. The van der Waals surface area contributed by atoms with Crippen LogP contribution in [-0.4, -0.2) is 4.98 Å². The van der Waals surface area contributed by atoms with E-state index in [1.165, 1.54) is 30.5 Å². The maximum atomic E-state index is 5.74. The van der Waals surface area contributed by atoms with Crippen LogP contribution in [0.5, 0.6) is 0 Å². The van der Waals surface area contributed by atoms with E-state index in [2.05, 4.69) is 40.7 Å². The van der Waals surface area contributed by atoms with E-state index in [1.807, 2.05) is 0 Å². The van der Waals surface area contributed by atoms with Gasteiger partial charge in [-0.1, -0.05) is 36.8 Å². The van der Waals surface area contributed by atoms with Crippen LogP contribution < -0.4 is 5.73 Å². The molecular formula is C14H16N2S. The van der Waals surface area contributed by atoms with E-state index in [1.54, 1.807) is 11.3 Å². The van der Waals surface area contributed by atoms with Crippen LogP contribution in [-0.2, 0) is 0 Å². The topological polar surface area (TPSA) is 38.9 Å². The van der Waals surface area contributed by atoms with Crippen molar-refractivity contribution in [3.05, 3.63) is 47.0 Å². The lowest BCUT2D eigenvalue weighted by Gasteiger charge is -2.18. The minimum atomic E-state index is 0.561. The number of nitrogens with two attached hydrogens (primary N) is 1. The molecule has 2 atom stereocenters. The fourth-order valence-electron chi connectivity index (χ4n) is 2.88. The van der Waals surface area contributed by atoms with E-state index in [9.17, 15) is 0 Å². The van der Waals surface area contributed by atoms with Gasteiger partial charge in [-0.15, -0.1) is 11.3 Å². The van der Waals surface area contributed by atoms with Gasteiger partial charge in [0.25, 0.3) is 0 Å². The van der Waals surface area contributed by atoms with Crippen molar-refractivity contribution in [2.24, 2.45) is 0 Å². The molecule has 0 radical (unpaired) electrons. The van der Waals surface area contributed by atoms with Crippen molar-refractivity contribution in [1.29, 1.82) is 0 Å². The van der Waals surface area contributed by atoms with Gasteiger partial charge in [-0.05, 0) is 24.3 Å². The molecule has 1 saturated carbocycles. The van der Waals surface area contributed by atoms with Crippen molar-refractivity contribution in [2.45, 2.75) is 31.1 Å². The molecule has 0 unspecified atom stereocenters. The summed E-state index contributed by atoms with van der Waals surface area (Å²) < 4.78 is 0. The molecule has 0 saturated heterocycles. The molecule has 0 aliphatic heterocycles. The third-order valence-corrected chi connectivity index (χ3v) is 4.36. The zero-order valence-corrected chi connectivity index (χ0v) is 10.5. The van der Waals surface area contributed by atoms with Gasteiger partial charge < -0.3 is 5.73 Å². The van der Waals surface area contributed by atoms with Gasteiger partial charge >= 0.3 is 0 Å². The second kappa shape index (κ2) is 4.49. The van der Waals surface area contributed by atoms with E-state index in [4.69, 9.17) is 5.73 Å². The van der Waals surface area contributed by atoms with Crippen LogP contribution in [0.1, 0.15) is 42.4 Å². The number of aromatic nitrogens is 1. The van der Waals surface area contributed by atoms with Crippen LogP contribution in [0.4, 0.5) is 5.13 Å². The lowest BCUT2D eigenvalue weighted by atomic mass is 9.87. The number of nitrogens with zero attached hydrogens (tertiary/aromatic N) is 1. The molecule has 3 rings (SSSR count). The molecule has 2 N–H and O–H groups in total. The highest BCUT2D eigenvalue weighted by molar-refractivity contribution is 7.13. The Balaban J connectivity index is 1.90. The predicted octanol–water partition coefficient (Wildman–Crippen LogP) is 3.78. The van der Waals surface area contributed by atoms with Crippen LogP contribution in [0.3, 0.4) is 0 Å². The third kappa shape index (κ3) is 2.07. The summed E-state index contributed by atoms with van der Waals surface area (Å²) in [4.78, 5) is 4.46. The van der Waals surface area contributed by atoms with Crippen molar-refractivity contribution in [3.8, 4) is 0 Å². The number of anilines is 1. The molecule has 1 aromatic carbocycles. The molecular weight excluding hydrogens is 228 g/mol. The molecule has 1 aliphatic carbocycles. The minimum absolute atomic E-state index is 0.561.